The molecule has 0 aromatic heterocycles. The highest BCUT2D eigenvalue weighted by molar-refractivity contribution is 6.08. The Hall–Kier alpha value is -1.91. The fraction of sp³-hybridized carbons (Fsp3) is 0.450. The largest absolute Gasteiger partial charge is 0.349 e. The molecule has 4 nitrogen and oxygen atoms in total. The summed E-state index contributed by atoms with van der Waals surface area (Å²) in [5.41, 5.74) is 1.48. The molecule has 0 atom stereocenters. The Morgan fingerprint density at radius 3 is 2.17 bits per heavy atom. The highest BCUT2D eigenvalue weighted by Gasteiger charge is 2.25. The van der Waals surface area contributed by atoms with E-state index >= 15 is 0 Å². The van der Waals surface area contributed by atoms with Gasteiger partial charge in [0.1, 0.15) is 0 Å². The van der Waals surface area contributed by atoms with E-state index in [0.717, 1.165) is 16.3 Å². The average Bonchev–Trinajstić information content (AvgIpc) is 2.61. The van der Waals surface area contributed by atoms with Crippen molar-refractivity contribution in [1.29, 1.82) is 0 Å². The molecule has 0 saturated heterocycles. The zero-order valence-electron chi connectivity index (χ0n) is 15.0. The van der Waals surface area contributed by atoms with Gasteiger partial charge >= 0.3 is 0 Å². The van der Waals surface area contributed by atoms with Crippen LogP contribution in [0.4, 0.5) is 0 Å². The summed E-state index contributed by atoms with van der Waals surface area (Å²) in [5.74, 6) is 0.0243. The average molecular weight is 329 g/mol. The van der Waals surface area contributed by atoms with Crippen molar-refractivity contribution < 1.29 is 14.3 Å². The van der Waals surface area contributed by atoms with Gasteiger partial charge in [0.15, 0.2) is 6.29 Å². The third-order valence-corrected chi connectivity index (χ3v) is 4.12. The minimum atomic E-state index is -0.529. The summed E-state index contributed by atoms with van der Waals surface area (Å²) in [7, 11) is 0. The van der Waals surface area contributed by atoms with Crippen molar-refractivity contribution >= 4 is 16.7 Å². The minimum absolute atomic E-state index is 0.0243. The third-order valence-electron chi connectivity index (χ3n) is 4.12. The van der Waals surface area contributed by atoms with Crippen LogP contribution < -0.4 is 0 Å². The highest BCUT2D eigenvalue weighted by atomic mass is 16.7. The Morgan fingerprint density at radius 1 is 0.958 bits per heavy atom. The van der Waals surface area contributed by atoms with Gasteiger partial charge in [-0.05, 0) is 38.5 Å². The van der Waals surface area contributed by atoms with E-state index in [1.807, 2.05) is 69.0 Å². The molecule has 1 amide bonds. The number of carbonyl (C=O) groups excluding carboxylic acids is 1. The number of hydrogen-bond acceptors (Lipinski definition) is 3. The lowest BCUT2D eigenvalue weighted by Crippen LogP contribution is -2.32. The van der Waals surface area contributed by atoms with Crippen LogP contribution in [0.15, 0.2) is 36.4 Å². The van der Waals surface area contributed by atoms with Crippen molar-refractivity contribution in [3.8, 4) is 0 Å². The summed E-state index contributed by atoms with van der Waals surface area (Å²) in [6, 6.07) is 11.9. The number of rotatable bonds is 8. The Balaban J connectivity index is 2.65. The minimum Gasteiger partial charge on any atom is -0.349 e. The highest BCUT2D eigenvalue weighted by Crippen LogP contribution is 2.30. The summed E-state index contributed by atoms with van der Waals surface area (Å²) in [4.78, 5) is 15.0. The van der Waals surface area contributed by atoms with E-state index in [4.69, 9.17) is 9.47 Å². The second kappa shape index (κ2) is 8.81. The molecule has 2 rings (SSSR count). The lowest BCUT2D eigenvalue weighted by atomic mass is 9.97. The first-order valence-electron chi connectivity index (χ1n) is 8.71. The van der Waals surface area contributed by atoms with Crippen molar-refractivity contribution in [2.24, 2.45) is 0 Å². The van der Waals surface area contributed by atoms with Crippen LogP contribution in [-0.2, 0) is 9.47 Å². The van der Waals surface area contributed by atoms with Crippen LogP contribution in [0.25, 0.3) is 10.8 Å². The normalized spacial score (nSPS) is 11.2. The molecule has 0 spiro atoms. The van der Waals surface area contributed by atoms with Gasteiger partial charge in [-0.2, -0.15) is 0 Å². The Morgan fingerprint density at radius 2 is 1.58 bits per heavy atom. The predicted molar refractivity (Wildman–Crippen MR) is 97.2 cm³/mol. The summed E-state index contributed by atoms with van der Waals surface area (Å²) >= 11 is 0. The van der Waals surface area contributed by atoms with E-state index in [2.05, 4.69) is 0 Å². The molecule has 0 unspecified atom stereocenters. The smallest absolute Gasteiger partial charge is 0.254 e. The van der Waals surface area contributed by atoms with Gasteiger partial charge in [-0.1, -0.05) is 36.4 Å². The van der Waals surface area contributed by atoms with Gasteiger partial charge < -0.3 is 14.4 Å². The number of fused-ring (bicyclic) bond motifs is 1. The first kappa shape index (κ1) is 18.4. The summed E-state index contributed by atoms with van der Waals surface area (Å²) in [6.45, 7) is 10.2. The SMILES string of the molecule is CCOC(OCC)c1ccc2ccccc2c1C(=O)N(CC)CC. The molecule has 2 aromatic rings. The Kier molecular flexibility index (Phi) is 6.76. The van der Waals surface area contributed by atoms with Gasteiger partial charge in [-0.25, -0.2) is 0 Å². The van der Waals surface area contributed by atoms with E-state index in [1.54, 1.807) is 0 Å². The van der Waals surface area contributed by atoms with Crippen molar-refractivity contribution in [2.75, 3.05) is 26.3 Å². The van der Waals surface area contributed by atoms with Gasteiger partial charge in [0, 0.05) is 31.9 Å². The molecule has 0 bridgehead atoms. The van der Waals surface area contributed by atoms with E-state index < -0.39 is 6.29 Å². The molecular formula is C20H27NO3. The van der Waals surface area contributed by atoms with Crippen LogP contribution in [0.2, 0.25) is 0 Å². The predicted octanol–water partition coefficient (Wildman–Crippen LogP) is 4.39. The molecule has 2 aromatic carbocycles. The molecule has 0 saturated carbocycles. The molecule has 24 heavy (non-hydrogen) atoms. The van der Waals surface area contributed by atoms with E-state index in [1.165, 1.54) is 0 Å². The fourth-order valence-electron chi connectivity index (χ4n) is 2.92. The second-order valence-electron chi connectivity index (χ2n) is 5.47. The molecular weight excluding hydrogens is 302 g/mol. The summed E-state index contributed by atoms with van der Waals surface area (Å²) in [6.07, 6.45) is -0.529. The lowest BCUT2D eigenvalue weighted by molar-refractivity contribution is -0.140. The van der Waals surface area contributed by atoms with Gasteiger partial charge in [-0.15, -0.1) is 0 Å². The molecule has 130 valence electrons. The second-order valence-corrected chi connectivity index (χ2v) is 5.47. The Labute approximate surface area is 144 Å². The van der Waals surface area contributed by atoms with Gasteiger partial charge in [0.2, 0.25) is 0 Å². The molecule has 0 heterocycles. The number of amides is 1. The number of hydrogen-bond donors (Lipinski definition) is 0. The monoisotopic (exact) mass is 329 g/mol. The Bertz CT molecular complexity index is 674. The van der Waals surface area contributed by atoms with Crippen molar-refractivity contribution in [3.63, 3.8) is 0 Å². The number of benzene rings is 2. The topological polar surface area (TPSA) is 38.8 Å². The fourth-order valence-corrected chi connectivity index (χ4v) is 2.92. The van der Waals surface area contributed by atoms with E-state index in [0.29, 0.717) is 31.9 Å². The van der Waals surface area contributed by atoms with Crippen molar-refractivity contribution in [1.82, 2.24) is 4.90 Å². The lowest BCUT2D eigenvalue weighted by Gasteiger charge is -2.25. The van der Waals surface area contributed by atoms with Crippen LogP contribution in [0.3, 0.4) is 0 Å². The molecule has 0 aliphatic rings. The van der Waals surface area contributed by atoms with Gasteiger partial charge in [0.25, 0.3) is 5.91 Å². The number of ether oxygens (including phenoxy) is 2. The summed E-state index contributed by atoms with van der Waals surface area (Å²) in [5, 5.41) is 1.99. The van der Waals surface area contributed by atoms with Crippen LogP contribution in [0, 0.1) is 0 Å². The van der Waals surface area contributed by atoms with Gasteiger partial charge in [-0.3, -0.25) is 4.79 Å². The molecule has 0 N–H and O–H groups in total. The van der Waals surface area contributed by atoms with Crippen LogP contribution in [0.5, 0.6) is 0 Å². The molecule has 0 aliphatic carbocycles. The molecule has 0 radical (unpaired) electrons. The molecule has 0 aliphatic heterocycles. The number of nitrogens with zero attached hydrogens (tertiary/aromatic N) is 1. The quantitative estimate of drug-likeness (QED) is 0.674. The van der Waals surface area contributed by atoms with Crippen LogP contribution in [-0.4, -0.2) is 37.1 Å². The third kappa shape index (κ3) is 3.77. The molecule has 0 fully saturated rings. The molecule has 4 heteroatoms. The van der Waals surface area contributed by atoms with Crippen LogP contribution >= 0.6 is 0 Å². The van der Waals surface area contributed by atoms with Crippen molar-refractivity contribution in [3.05, 3.63) is 47.5 Å². The van der Waals surface area contributed by atoms with E-state index in [9.17, 15) is 4.79 Å². The zero-order valence-corrected chi connectivity index (χ0v) is 15.0. The standard InChI is InChI=1S/C20H27NO3/c1-5-21(6-2)19(22)18-16-12-10-9-11-15(16)13-14-17(18)20(23-7-3)24-8-4/h9-14,20H,5-8H2,1-4H3. The maximum Gasteiger partial charge on any atom is 0.254 e. The van der Waals surface area contributed by atoms with Crippen molar-refractivity contribution in [2.45, 2.75) is 34.0 Å². The first-order valence-corrected chi connectivity index (χ1v) is 8.71. The number of carbonyl (C=O) groups is 1. The van der Waals surface area contributed by atoms with Crippen LogP contribution in [0.1, 0.15) is 49.9 Å². The summed E-state index contributed by atoms with van der Waals surface area (Å²) < 4.78 is 11.5. The zero-order chi connectivity index (χ0) is 17.5. The maximum atomic E-state index is 13.2. The maximum absolute atomic E-state index is 13.2. The first-order chi connectivity index (χ1) is 11.7. The van der Waals surface area contributed by atoms with E-state index in [-0.39, 0.29) is 5.91 Å². The van der Waals surface area contributed by atoms with Gasteiger partial charge in [0.05, 0.1) is 5.56 Å².